The summed E-state index contributed by atoms with van der Waals surface area (Å²) in [5.74, 6) is 0.512. The molecule has 0 fully saturated rings. The highest BCUT2D eigenvalue weighted by Crippen LogP contribution is 2.21. The molecule has 8 nitrogen and oxygen atoms in total. The molecular formula is C19H22N6O2. The summed E-state index contributed by atoms with van der Waals surface area (Å²) in [5, 5.41) is 14.3. The van der Waals surface area contributed by atoms with E-state index >= 15 is 0 Å². The number of hydrogen-bond donors (Lipinski definition) is 2. The van der Waals surface area contributed by atoms with Crippen molar-refractivity contribution < 1.29 is 9.90 Å². The molecule has 3 aromatic rings. The third-order valence-electron chi connectivity index (χ3n) is 4.39. The molecule has 0 atom stereocenters. The monoisotopic (exact) mass is 366 g/mol. The summed E-state index contributed by atoms with van der Waals surface area (Å²) in [4.78, 5) is 21.7. The Morgan fingerprint density at radius 2 is 2.07 bits per heavy atom. The van der Waals surface area contributed by atoms with E-state index in [2.05, 4.69) is 39.2 Å². The molecule has 1 aromatic carbocycles. The van der Waals surface area contributed by atoms with Crippen LogP contribution in [0.4, 0.5) is 11.6 Å². The van der Waals surface area contributed by atoms with Gasteiger partial charge in [-0.15, -0.1) is 0 Å². The van der Waals surface area contributed by atoms with Gasteiger partial charge >= 0.3 is 5.97 Å². The van der Waals surface area contributed by atoms with Crippen molar-refractivity contribution in [1.82, 2.24) is 14.5 Å². The number of nitrogens with one attached hydrogen (secondary N) is 1. The van der Waals surface area contributed by atoms with Crippen LogP contribution >= 0.6 is 0 Å². The van der Waals surface area contributed by atoms with Gasteiger partial charge in [-0.2, -0.15) is 5.10 Å². The fraction of sp³-hybridized carbons (Fsp3) is 0.263. The lowest BCUT2D eigenvalue weighted by atomic mass is 10.1. The Kier molecular flexibility index (Phi) is 5.35. The molecule has 2 N–H and O–H groups in total. The van der Waals surface area contributed by atoms with E-state index in [9.17, 15) is 4.79 Å². The van der Waals surface area contributed by atoms with E-state index in [4.69, 9.17) is 5.11 Å². The van der Waals surface area contributed by atoms with E-state index in [1.165, 1.54) is 6.33 Å². The summed E-state index contributed by atoms with van der Waals surface area (Å²) in [6, 6.07) is 6.90. The normalized spacial score (nSPS) is 11.2. The van der Waals surface area contributed by atoms with Crippen LogP contribution in [0.15, 0.2) is 41.9 Å². The van der Waals surface area contributed by atoms with Crippen LogP contribution in [-0.2, 0) is 7.05 Å². The van der Waals surface area contributed by atoms with Crippen molar-refractivity contribution in [3.8, 4) is 0 Å². The van der Waals surface area contributed by atoms with Crippen molar-refractivity contribution in [1.29, 1.82) is 0 Å². The predicted molar refractivity (Wildman–Crippen MR) is 107 cm³/mol. The fourth-order valence-electron chi connectivity index (χ4n) is 2.95. The number of carboxylic acids is 1. The number of hydrazone groups is 1. The van der Waals surface area contributed by atoms with Crippen molar-refractivity contribution in [3.63, 3.8) is 0 Å². The van der Waals surface area contributed by atoms with E-state index in [1.807, 2.05) is 23.9 Å². The van der Waals surface area contributed by atoms with E-state index in [1.54, 1.807) is 24.4 Å². The quantitative estimate of drug-likeness (QED) is 0.493. The summed E-state index contributed by atoms with van der Waals surface area (Å²) in [7, 11) is 1.87. The van der Waals surface area contributed by atoms with Gasteiger partial charge in [0, 0.05) is 48.9 Å². The van der Waals surface area contributed by atoms with Gasteiger partial charge in [-0.25, -0.2) is 14.8 Å². The van der Waals surface area contributed by atoms with Gasteiger partial charge in [0.2, 0.25) is 0 Å². The van der Waals surface area contributed by atoms with Crippen molar-refractivity contribution in [2.45, 2.75) is 13.8 Å². The predicted octanol–water partition coefficient (Wildman–Crippen LogP) is 2.96. The lowest BCUT2D eigenvalue weighted by Gasteiger charge is -2.19. The Morgan fingerprint density at radius 3 is 2.78 bits per heavy atom. The van der Waals surface area contributed by atoms with Gasteiger partial charge in [-0.1, -0.05) is 6.07 Å². The molecule has 2 aromatic heterocycles. The molecule has 0 saturated carbocycles. The molecule has 3 rings (SSSR count). The molecule has 140 valence electrons. The molecule has 2 heterocycles. The highest BCUT2D eigenvalue weighted by atomic mass is 16.4. The molecule has 0 bridgehead atoms. The van der Waals surface area contributed by atoms with Gasteiger partial charge in [0.15, 0.2) is 5.82 Å². The van der Waals surface area contributed by atoms with Gasteiger partial charge in [-0.05, 0) is 26.0 Å². The SMILES string of the molecule is CCN(CC)c1cc(N/N=C/c2cn(C)c3cc(C(=O)O)ccc23)ncn1. The lowest BCUT2D eigenvalue weighted by molar-refractivity contribution is 0.0697. The number of carbonyl (C=O) groups is 1. The summed E-state index contributed by atoms with van der Waals surface area (Å²) in [5.41, 5.74) is 4.91. The van der Waals surface area contributed by atoms with Crippen LogP contribution < -0.4 is 10.3 Å². The molecule has 0 aliphatic heterocycles. The molecule has 8 heteroatoms. The Hall–Kier alpha value is -3.42. The number of aryl methyl sites for hydroxylation is 1. The van der Waals surface area contributed by atoms with Crippen LogP contribution in [0.25, 0.3) is 10.9 Å². The Balaban J connectivity index is 1.81. The second-order valence-corrected chi connectivity index (χ2v) is 6.04. The molecule has 0 amide bonds. The Bertz CT molecular complexity index is 991. The minimum Gasteiger partial charge on any atom is -0.478 e. The van der Waals surface area contributed by atoms with Crippen molar-refractivity contribution in [3.05, 3.63) is 47.9 Å². The van der Waals surface area contributed by atoms with Crippen molar-refractivity contribution in [2.24, 2.45) is 12.1 Å². The van der Waals surface area contributed by atoms with Gasteiger partial charge in [0.1, 0.15) is 12.1 Å². The number of aromatic carboxylic acids is 1. The molecule has 0 unspecified atom stereocenters. The summed E-state index contributed by atoms with van der Waals surface area (Å²) < 4.78 is 1.88. The molecule has 0 radical (unpaired) electrons. The summed E-state index contributed by atoms with van der Waals surface area (Å²) in [6.45, 7) is 5.88. The zero-order valence-electron chi connectivity index (χ0n) is 15.5. The maximum absolute atomic E-state index is 11.1. The van der Waals surface area contributed by atoms with Crippen molar-refractivity contribution >= 4 is 34.7 Å². The number of hydrogen-bond acceptors (Lipinski definition) is 6. The zero-order valence-corrected chi connectivity index (χ0v) is 15.5. The second-order valence-electron chi connectivity index (χ2n) is 6.04. The Morgan fingerprint density at radius 1 is 1.30 bits per heavy atom. The number of fused-ring (bicyclic) bond motifs is 1. The van der Waals surface area contributed by atoms with Gasteiger partial charge in [0.05, 0.1) is 11.8 Å². The van der Waals surface area contributed by atoms with Gasteiger partial charge < -0.3 is 14.6 Å². The first kappa shape index (κ1) is 18.4. The van der Waals surface area contributed by atoms with Gasteiger partial charge in [0.25, 0.3) is 0 Å². The van der Waals surface area contributed by atoms with Crippen LogP contribution in [0.5, 0.6) is 0 Å². The lowest BCUT2D eigenvalue weighted by Crippen LogP contribution is -2.23. The Labute approximate surface area is 157 Å². The van der Waals surface area contributed by atoms with E-state index in [-0.39, 0.29) is 5.56 Å². The molecule has 0 aliphatic carbocycles. The van der Waals surface area contributed by atoms with Gasteiger partial charge in [-0.3, -0.25) is 5.43 Å². The number of benzene rings is 1. The van der Waals surface area contributed by atoms with Crippen LogP contribution in [-0.4, -0.2) is 44.9 Å². The van der Waals surface area contributed by atoms with Crippen LogP contribution in [0.1, 0.15) is 29.8 Å². The number of nitrogens with zero attached hydrogens (tertiary/aromatic N) is 5. The third kappa shape index (κ3) is 3.89. The first-order valence-electron chi connectivity index (χ1n) is 8.72. The molecular weight excluding hydrogens is 344 g/mol. The molecule has 0 spiro atoms. The third-order valence-corrected chi connectivity index (χ3v) is 4.39. The van der Waals surface area contributed by atoms with Crippen LogP contribution in [0.3, 0.4) is 0 Å². The standard InChI is InChI=1S/C19H22N6O2/c1-4-25(5-2)18-9-17(20-12-21-18)23-22-10-14-11-24(3)16-8-13(19(26)27)6-7-15(14)16/h6-12H,4-5H2,1-3H3,(H,26,27)(H,20,21,23)/b22-10+. The molecule has 27 heavy (non-hydrogen) atoms. The maximum Gasteiger partial charge on any atom is 0.335 e. The number of carboxylic acid groups (broad SMARTS) is 1. The molecule has 0 aliphatic rings. The highest BCUT2D eigenvalue weighted by molar-refractivity contribution is 6.02. The topological polar surface area (TPSA) is 95.6 Å². The van der Waals surface area contributed by atoms with E-state index < -0.39 is 5.97 Å². The second kappa shape index (κ2) is 7.86. The average molecular weight is 366 g/mol. The first-order valence-corrected chi connectivity index (χ1v) is 8.72. The fourth-order valence-corrected chi connectivity index (χ4v) is 2.95. The average Bonchev–Trinajstić information content (AvgIpc) is 2.98. The maximum atomic E-state index is 11.1. The number of anilines is 2. The largest absolute Gasteiger partial charge is 0.478 e. The highest BCUT2D eigenvalue weighted by Gasteiger charge is 2.09. The summed E-state index contributed by atoms with van der Waals surface area (Å²) in [6.07, 6.45) is 5.11. The van der Waals surface area contributed by atoms with Crippen LogP contribution in [0.2, 0.25) is 0 Å². The summed E-state index contributed by atoms with van der Waals surface area (Å²) >= 11 is 0. The number of rotatable bonds is 7. The smallest absolute Gasteiger partial charge is 0.335 e. The zero-order chi connectivity index (χ0) is 19.4. The molecule has 0 saturated heterocycles. The van der Waals surface area contributed by atoms with E-state index in [0.717, 1.165) is 35.4 Å². The minimum absolute atomic E-state index is 0.259. The first-order chi connectivity index (χ1) is 13.0. The minimum atomic E-state index is -0.942. The van der Waals surface area contributed by atoms with Crippen molar-refractivity contribution in [2.75, 3.05) is 23.4 Å². The number of aromatic nitrogens is 3. The van der Waals surface area contributed by atoms with Crippen LogP contribution in [0, 0.1) is 0 Å². The van der Waals surface area contributed by atoms with E-state index in [0.29, 0.717) is 5.82 Å².